The van der Waals surface area contributed by atoms with Gasteiger partial charge in [0.15, 0.2) is 0 Å². The van der Waals surface area contributed by atoms with Gasteiger partial charge in [0.25, 0.3) is 5.91 Å². The quantitative estimate of drug-likeness (QED) is 0.635. The Balaban J connectivity index is 2.06. The summed E-state index contributed by atoms with van der Waals surface area (Å²) in [4.78, 5) is 14.4. The summed E-state index contributed by atoms with van der Waals surface area (Å²) in [6.07, 6.45) is 3.34. The summed E-state index contributed by atoms with van der Waals surface area (Å²) in [5.41, 5.74) is 4.47. The van der Waals surface area contributed by atoms with Crippen molar-refractivity contribution in [3.05, 3.63) is 29.8 Å². The normalized spacial score (nSPS) is 18.8. The smallest absolute Gasteiger partial charge is 0.253 e. The maximum absolute atomic E-state index is 12.4. The van der Waals surface area contributed by atoms with Crippen LogP contribution in [-0.4, -0.2) is 23.9 Å². The van der Waals surface area contributed by atoms with Crippen molar-refractivity contribution in [3.63, 3.8) is 0 Å². The average molecular weight is 261 g/mol. The van der Waals surface area contributed by atoms with Crippen molar-refractivity contribution in [2.24, 2.45) is 11.3 Å². The van der Waals surface area contributed by atoms with E-state index in [9.17, 15) is 4.79 Å². The predicted molar refractivity (Wildman–Crippen MR) is 77.8 cm³/mol. The zero-order valence-electron chi connectivity index (χ0n) is 11.8. The highest BCUT2D eigenvalue weighted by atomic mass is 16.2. The summed E-state index contributed by atoms with van der Waals surface area (Å²) < 4.78 is 0. The lowest BCUT2D eigenvalue weighted by molar-refractivity contribution is 0.0757. The minimum absolute atomic E-state index is 0.126. The molecule has 0 saturated carbocycles. The zero-order chi connectivity index (χ0) is 13.9. The number of nitrogens with one attached hydrogen (secondary N) is 1. The van der Waals surface area contributed by atoms with Gasteiger partial charge in [-0.15, -0.1) is 0 Å². The van der Waals surface area contributed by atoms with Crippen molar-refractivity contribution in [1.82, 2.24) is 4.90 Å². The number of hydrazine groups is 1. The number of benzene rings is 1. The molecule has 0 atom stereocenters. The Labute approximate surface area is 114 Å². The number of nitrogens with two attached hydrogens (primary N) is 1. The number of hydrogen-bond donors (Lipinski definition) is 2. The Morgan fingerprint density at radius 1 is 1.21 bits per heavy atom. The number of rotatable bonds is 2. The van der Waals surface area contributed by atoms with Crippen LogP contribution in [0.5, 0.6) is 0 Å². The molecule has 1 aromatic rings. The molecule has 0 aliphatic carbocycles. The number of nitrogen functional groups attached to an aromatic ring is 1. The Kier molecular flexibility index (Phi) is 4.10. The van der Waals surface area contributed by atoms with E-state index < -0.39 is 0 Å². The van der Waals surface area contributed by atoms with Crippen molar-refractivity contribution in [3.8, 4) is 0 Å². The van der Waals surface area contributed by atoms with Gasteiger partial charge in [-0.1, -0.05) is 13.8 Å². The summed E-state index contributed by atoms with van der Waals surface area (Å²) in [5.74, 6) is 5.45. The predicted octanol–water partition coefficient (Wildman–Crippen LogP) is 2.62. The third-order valence-electron chi connectivity index (χ3n) is 3.93. The first kappa shape index (κ1) is 13.9. The van der Waals surface area contributed by atoms with Crippen LogP contribution in [0.4, 0.5) is 5.69 Å². The van der Waals surface area contributed by atoms with Gasteiger partial charge < -0.3 is 10.3 Å². The van der Waals surface area contributed by atoms with Crippen LogP contribution in [0.25, 0.3) is 0 Å². The number of nitrogens with zero attached hydrogens (tertiary/aromatic N) is 1. The minimum atomic E-state index is 0.126. The first-order chi connectivity index (χ1) is 9.02. The zero-order valence-corrected chi connectivity index (χ0v) is 11.8. The SMILES string of the molecule is CC1(C)CCCN(C(=O)c2ccc(NN)cc2)CC1. The lowest BCUT2D eigenvalue weighted by Gasteiger charge is -2.23. The highest BCUT2D eigenvalue weighted by Crippen LogP contribution is 2.30. The number of hydrogen-bond acceptors (Lipinski definition) is 3. The van der Waals surface area contributed by atoms with Gasteiger partial charge in [0.05, 0.1) is 0 Å². The fourth-order valence-corrected chi connectivity index (χ4v) is 2.52. The Morgan fingerprint density at radius 2 is 1.89 bits per heavy atom. The molecule has 1 amide bonds. The molecule has 2 rings (SSSR count). The lowest BCUT2D eigenvalue weighted by Crippen LogP contribution is -2.32. The summed E-state index contributed by atoms with van der Waals surface area (Å²) in [6.45, 7) is 6.27. The van der Waals surface area contributed by atoms with E-state index in [1.165, 1.54) is 6.42 Å². The van der Waals surface area contributed by atoms with Crippen molar-refractivity contribution in [2.45, 2.75) is 33.1 Å². The van der Waals surface area contributed by atoms with Gasteiger partial charge in [-0.2, -0.15) is 0 Å². The molecule has 4 heteroatoms. The van der Waals surface area contributed by atoms with Gasteiger partial charge in [-0.25, -0.2) is 0 Å². The fraction of sp³-hybridized carbons (Fsp3) is 0.533. The molecule has 0 aromatic heterocycles. The van der Waals surface area contributed by atoms with Crippen LogP contribution in [0, 0.1) is 5.41 Å². The highest BCUT2D eigenvalue weighted by Gasteiger charge is 2.25. The molecule has 19 heavy (non-hydrogen) atoms. The molecule has 0 unspecified atom stereocenters. The maximum Gasteiger partial charge on any atom is 0.253 e. The first-order valence-corrected chi connectivity index (χ1v) is 6.88. The van der Waals surface area contributed by atoms with Gasteiger partial charge in [-0.3, -0.25) is 10.6 Å². The molecule has 1 heterocycles. The summed E-state index contributed by atoms with van der Waals surface area (Å²) in [6, 6.07) is 7.31. The standard InChI is InChI=1S/C15H23N3O/c1-15(2)8-3-10-18(11-9-15)14(19)12-4-6-13(17-16)7-5-12/h4-7,17H,3,8-11,16H2,1-2H3. The number of amides is 1. The van der Waals surface area contributed by atoms with Crippen LogP contribution >= 0.6 is 0 Å². The molecule has 3 N–H and O–H groups in total. The second kappa shape index (κ2) is 5.61. The van der Waals surface area contributed by atoms with Crippen LogP contribution < -0.4 is 11.3 Å². The van der Waals surface area contributed by atoms with Crippen LogP contribution in [0.3, 0.4) is 0 Å². The number of likely N-dealkylation sites (tertiary alicyclic amines) is 1. The molecule has 1 aliphatic rings. The van der Waals surface area contributed by atoms with Gasteiger partial charge >= 0.3 is 0 Å². The van der Waals surface area contributed by atoms with E-state index in [0.29, 0.717) is 5.41 Å². The first-order valence-electron chi connectivity index (χ1n) is 6.88. The molecule has 1 fully saturated rings. The molecule has 1 saturated heterocycles. The highest BCUT2D eigenvalue weighted by molar-refractivity contribution is 5.94. The Morgan fingerprint density at radius 3 is 2.53 bits per heavy atom. The lowest BCUT2D eigenvalue weighted by atomic mass is 9.85. The van der Waals surface area contributed by atoms with E-state index in [4.69, 9.17) is 5.84 Å². The molecule has 0 bridgehead atoms. The van der Waals surface area contributed by atoms with Crippen LogP contribution in [0.2, 0.25) is 0 Å². The summed E-state index contributed by atoms with van der Waals surface area (Å²) in [7, 11) is 0. The van der Waals surface area contributed by atoms with Crippen LogP contribution in [-0.2, 0) is 0 Å². The third kappa shape index (κ3) is 3.47. The van der Waals surface area contributed by atoms with Crippen molar-refractivity contribution in [1.29, 1.82) is 0 Å². The molecule has 1 aliphatic heterocycles. The van der Waals surface area contributed by atoms with E-state index in [1.54, 1.807) is 0 Å². The van der Waals surface area contributed by atoms with Crippen molar-refractivity contribution in [2.75, 3.05) is 18.5 Å². The van der Waals surface area contributed by atoms with Gasteiger partial charge in [0.1, 0.15) is 0 Å². The molecule has 104 valence electrons. The molecular weight excluding hydrogens is 238 g/mol. The third-order valence-corrected chi connectivity index (χ3v) is 3.93. The molecular formula is C15H23N3O. The topological polar surface area (TPSA) is 58.4 Å². The number of carbonyl (C=O) groups is 1. The Bertz CT molecular complexity index is 439. The van der Waals surface area contributed by atoms with E-state index in [2.05, 4.69) is 19.3 Å². The van der Waals surface area contributed by atoms with Crippen molar-refractivity contribution < 1.29 is 4.79 Å². The number of anilines is 1. The molecule has 0 radical (unpaired) electrons. The average Bonchev–Trinajstić information content (AvgIpc) is 2.59. The van der Waals surface area contributed by atoms with Gasteiger partial charge in [-0.05, 0) is 48.9 Å². The van der Waals surface area contributed by atoms with E-state index >= 15 is 0 Å². The summed E-state index contributed by atoms with van der Waals surface area (Å²) in [5, 5.41) is 0. The molecule has 1 aromatic carbocycles. The minimum Gasteiger partial charge on any atom is -0.339 e. The fourth-order valence-electron chi connectivity index (χ4n) is 2.52. The van der Waals surface area contributed by atoms with Gasteiger partial charge in [0, 0.05) is 24.3 Å². The van der Waals surface area contributed by atoms with Crippen LogP contribution in [0.15, 0.2) is 24.3 Å². The maximum atomic E-state index is 12.4. The molecule has 4 nitrogen and oxygen atoms in total. The van der Waals surface area contributed by atoms with E-state index in [-0.39, 0.29) is 5.91 Å². The second-order valence-corrected chi connectivity index (χ2v) is 6.03. The van der Waals surface area contributed by atoms with Crippen molar-refractivity contribution >= 4 is 11.6 Å². The monoisotopic (exact) mass is 261 g/mol. The van der Waals surface area contributed by atoms with E-state index in [0.717, 1.165) is 37.2 Å². The van der Waals surface area contributed by atoms with E-state index in [1.807, 2.05) is 29.2 Å². The number of carbonyl (C=O) groups excluding carboxylic acids is 1. The summed E-state index contributed by atoms with van der Waals surface area (Å²) >= 11 is 0. The second-order valence-electron chi connectivity index (χ2n) is 6.03. The Hall–Kier alpha value is -1.55. The largest absolute Gasteiger partial charge is 0.339 e. The molecule has 0 spiro atoms. The van der Waals surface area contributed by atoms with Crippen LogP contribution in [0.1, 0.15) is 43.5 Å². The van der Waals surface area contributed by atoms with Gasteiger partial charge in [0.2, 0.25) is 0 Å².